The van der Waals surface area contributed by atoms with Gasteiger partial charge < -0.3 is 14.7 Å². The average molecular weight is 252 g/mol. The Morgan fingerprint density at radius 3 is 2.83 bits per heavy atom. The second-order valence-electron chi connectivity index (χ2n) is 5.04. The number of piperidine rings is 1. The third-order valence-corrected chi connectivity index (χ3v) is 3.73. The van der Waals surface area contributed by atoms with E-state index in [0.717, 1.165) is 31.1 Å². The van der Waals surface area contributed by atoms with Gasteiger partial charge in [0.1, 0.15) is 0 Å². The molecule has 102 valence electrons. The molecule has 0 saturated carbocycles. The molecule has 0 atom stereocenters. The molecule has 0 spiro atoms. The van der Waals surface area contributed by atoms with Crippen molar-refractivity contribution >= 4 is 0 Å². The summed E-state index contributed by atoms with van der Waals surface area (Å²) in [5, 5.41) is 7.10. The zero-order valence-electron chi connectivity index (χ0n) is 11.5. The van der Waals surface area contributed by atoms with Crippen LogP contribution in [0.1, 0.15) is 31.5 Å². The van der Waals surface area contributed by atoms with Crippen LogP contribution >= 0.6 is 0 Å². The molecule has 0 amide bonds. The van der Waals surface area contributed by atoms with Gasteiger partial charge in [-0.3, -0.25) is 0 Å². The Morgan fingerprint density at radius 2 is 2.17 bits per heavy atom. The lowest BCUT2D eigenvalue weighted by Gasteiger charge is -2.30. The lowest BCUT2D eigenvalue weighted by atomic mass is 9.93. The molecule has 1 fully saturated rings. The van der Waals surface area contributed by atoms with E-state index in [1.807, 2.05) is 7.05 Å². The summed E-state index contributed by atoms with van der Waals surface area (Å²) in [6.07, 6.45) is 4.29. The minimum Gasteiger partial charge on any atom is -0.339 e. The van der Waals surface area contributed by atoms with Gasteiger partial charge in [-0.1, -0.05) is 12.1 Å². The summed E-state index contributed by atoms with van der Waals surface area (Å²) in [6, 6.07) is 0. The monoisotopic (exact) mass is 252 g/mol. The van der Waals surface area contributed by atoms with Crippen LogP contribution in [0.15, 0.2) is 4.52 Å². The van der Waals surface area contributed by atoms with Crippen LogP contribution in [-0.4, -0.2) is 48.3 Å². The maximum absolute atomic E-state index is 5.32. The number of hydrogen-bond acceptors (Lipinski definition) is 5. The number of likely N-dealkylation sites (tertiary alicyclic amines) is 1. The second-order valence-corrected chi connectivity index (χ2v) is 5.04. The number of aromatic nitrogens is 2. The molecule has 1 N–H and O–H groups in total. The topological polar surface area (TPSA) is 54.2 Å². The molecule has 0 bridgehead atoms. The van der Waals surface area contributed by atoms with E-state index in [-0.39, 0.29) is 0 Å². The number of hydrogen-bond donors (Lipinski definition) is 1. The van der Waals surface area contributed by atoms with Crippen molar-refractivity contribution in [2.45, 2.75) is 32.6 Å². The first-order valence-electron chi connectivity index (χ1n) is 7.00. The minimum atomic E-state index is 0.713. The van der Waals surface area contributed by atoms with Gasteiger partial charge in [-0.15, -0.1) is 0 Å². The second kappa shape index (κ2) is 6.85. The molecule has 0 aromatic carbocycles. The van der Waals surface area contributed by atoms with Crippen molar-refractivity contribution in [2.75, 3.05) is 33.2 Å². The van der Waals surface area contributed by atoms with Gasteiger partial charge in [0.05, 0.1) is 0 Å². The maximum atomic E-state index is 5.32. The van der Waals surface area contributed by atoms with Gasteiger partial charge in [0.15, 0.2) is 5.82 Å². The highest BCUT2D eigenvalue weighted by Crippen LogP contribution is 2.20. The van der Waals surface area contributed by atoms with Crippen LogP contribution in [0.25, 0.3) is 0 Å². The zero-order valence-corrected chi connectivity index (χ0v) is 11.5. The third kappa shape index (κ3) is 3.78. The fourth-order valence-corrected chi connectivity index (χ4v) is 2.47. The first-order chi connectivity index (χ1) is 8.81. The Bertz CT molecular complexity index is 345. The summed E-state index contributed by atoms with van der Waals surface area (Å²) in [4.78, 5) is 6.95. The number of nitrogens with one attached hydrogen (secondary N) is 1. The van der Waals surface area contributed by atoms with E-state index in [1.54, 1.807) is 0 Å². The Kier molecular flexibility index (Phi) is 5.13. The molecule has 2 rings (SSSR count). The number of likely N-dealkylation sites (N-methyl/N-ethyl adjacent to an activating group) is 1. The van der Waals surface area contributed by atoms with E-state index in [4.69, 9.17) is 4.52 Å². The quantitative estimate of drug-likeness (QED) is 0.822. The minimum absolute atomic E-state index is 0.713. The smallest absolute Gasteiger partial charge is 0.226 e. The van der Waals surface area contributed by atoms with Gasteiger partial charge in [-0.25, -0.2) is 0 Å². The van der Waals surface area contributed by atoms with E-state index in [2.05, 4.69) is 27.3 Å². The van der Waals surface area contributed by atoms with Crippen LogP contribution in [0.2, 0.25) is 0 Å². The van der Waals surface area contributed by atoms with Gasteiger partial charge in [0.25, 0.3) is 0 Å². The van der Waals surface area contributed by atoms with Crippen molar-refractivity contribution in [3.05, 3.63) is 11.7 Å². The average Bonchev–Trinajstić information content (AvgIpc) is 2.85. The molecular formula is C13H24N4O. The van der Waals surface area contributed by atoms with E-state index < -0.39 is 0 Å². The molecule has 0 radical (unpaired) electrons. The Labute approximate surface area is 109 Å². The molecule has 1 aromatic heterocycles. The summed E-state index contributed by atoms with van der Waals surface area (Å²) < 4.78 is 5.32. The number of rotatable bonds is 6. The van der Waals surface area contributed by atoms with Crippen molar-refractivity contribution in [3.8, 4) is 0 Å². The zero-order chi connectivity index (χ0) is 12.8. The fraction of sp³-hybridized carbons (Fsp3) is 0.846. The van der Waals surface area contributed by atoms with Crippen molar-refractivity contribution in [2.24, 2.45) is 5.92 Å². The SMILES string of the molecule is CCN1CCC(Cc2nc(CCNC)no2)CC1. The molecule has 5 heteroatoms. The molecule has 1 aliphatic rings. The summed E-state index contributed by atoms with van der Waals surface area (Å²) in [7, 11) is 1.93. The summed E-state index contributed by atoms with van der Waals surface area (Å²) in [5.74, 6) is 2.35. The largest absolute Gasteiger partial charge is 0.339 e. The van der Waals surface area contributed by atoms with E-state index >= 15 is 0 Å². The van der Waals surface area contributed by atoms with Crippen molar-refractivity contribution in [1.82, 2.24) is 20.4 Å². The van der Waals surface area contributed by atoms with E-state index in [1.165, 1.54) is 32.5 Å². The molecule has 0 aliphatic carbocycles. The predicted octanol–water partition coefficient (Wildman–Crippen LogP) is 1.11. The summed E-state index contributed by atoms with van der Waals surface area (Å²) in [5.41, 5.74) is 0. The Balaban J connectivity index is 1.77. The van der Waals surface area contributed by atoms with Crippen LogP contribution in [0.3, 0.4) is 0 Å². The van der Waals surface area contributed by atoms with Crippen molar-refractivity contribution in [1.29, 1.82) is 0 Å². The summed E-state index contributed by atoms with van der Waals surface area (Å²) >= 11 is 0. The van der Waals surface area contributed by atoms with Gasteiger partial charge in [-0.05, 0) is 45.4 Å². The van der Waals surface area contributed by atoms with Crippen molar-refractivity contribution in [3.63, 3.8) is 0 Å². The molecular weight excluding hydrogens is 228 g/mol. The van der Waals surface area contributed by atoms with Gasteiger partial charge >= 0.3 is 0 Å². The number of nitrogens with zero attached hydrogens (tertiary/aromatic N) is 3. The van der Waals surface area contributed by atoms with Gasteiger partial charge in [0, 0.05) is 19.4 Å². The Hall–Kier alpha value is -0.940. The summed E-state index contributed by atoms with van der Waals surface area (Å²) in [6.45, 7) is 6.71. The third-order valence-electron chi connectivity index (χ3n) is 3.73. The van der Waals surface area contributed by atoms with Gasteiger partial charge in [0.2, 0.25) is 5.89 Å². The van der Waals surface area contributed by atoms with E-state index in [0.29, 0.717) is 5.92 Å². The normalized spacial score (nSPS) is 18.3. The first-order valence-corrected chi connectivity index (χ1v) is 7.00. The molecule has 0 unspecified atom stereocenters. The lowest BCUT2D eigenvalue weighted by Crippen LogP contribution is -2.34. The van der Waals surface area contributed by atoms with E-state index in [9.17, 15) is 0 Å². The Morgan fingerprint density at radius 1 is 1.39 bits per heavy atom. The molecule has 2 heterocycles. The maximum Gasteiger partial charge on any atom is 0.226 e. The molecule has 1 saturated heterocycles. The molecule has 1 aliphatic heterocycles. The highest BCUT2D eigenvalue weighted by molar-refractivity contribution is 4.89. The fourth-order valence-electron chi connectivity index (χ4n) is 2.47. The molecule has 1 aromatic rings. The standard InChI is InChI=1S/C13H24N4O/c1-3-17-8-5-11(6-9-17)10-13-15-12(16-18-13)4-7-14-2/h11,14H,3-10H2,1-2H3. The van der Waals surface area contributed by atoms with Crippen LogP contribution in [0.5, 0.6) is 0 Å². The first kappa shape index (κ1) is 13.5. The van der Waals surface area contributed by atoms with Crippen LogP contribution in [0, 0.1) is 5.92 Å². The molecule has 18 heavy (non-hydrogen) atoms. The lowest BCUT2D eigenvalue weighted by molar-refractivity contribution is 0.185. The molecule has 5 nitrogen and oxygen atoms in total. The van der Waals surface area contributed by atoms with Crippen LogP contribution < -0.4 is 5.32 Å². The van der Waals surface area contributed by atoms with Crippen LogP contribution in [0.4, 0.5) is 0 Å². The predicted molar refractivity (Wildman–Crippen MR) is 70.5 cm³/mol. The van der Waals surface area contributed by atoms with Gasteiger partial charge in [-0.2, -0.15) is 4.98 Å². The highest BCUT2D eigenvalue weighted by atomic mass is 16.5. The highest BCUT2D eigenvalue weighted by Gasteiger charge is 2.20. The van der Waals surface area contributed by atoms with Crippen molar-refractivity contribution < 1.29 is 4.52 Å². The van der Waals surface area contributed by atoms with Crippen LogP contribution in [-0.2, 0) is 12.8 Å².